The van der Waals surface area contributed by atoms with Crippen LogP contribution in [0.5, 0.6) is 0 Å². The number of Topliss-reactive ketones (excluding diaryl/α,β-unsaturated/α-hetero) is 1. The van der Waals surface area contributed by atoms with Crippen LogP contribution in [-0.2, 0) is 4.79 Å². The Bertz CT molecular complexity index is 157. The van der Waals surface area contributed by atoms with Crippen molar-refractivity contribution in [2.24, 2.45) is 5.92 Å². The zero-order valence-electron chi connectivity index (χ0n) is 9.26. The van der Waals surface area contributed by atoms with Crippen molar-refractivity contribution in [3.05, 3.63) is 0 Å². The van der Waals surface area contributed by atoms with Crippen LogP contribution in [0.3, 0.4) is 0 Å². The maximum atomic E-state index is 11.4. The fraction of sp³-hybridized carbons (Fsp3) is 0.909. The highest BCUT2D eigenvalue weighted by molar-refractivity contribution is 5.79. The number of carbonyl (C=O) groups is 1. The number of aliphatic hydroxyl groups is 1. The van der Waals surface area contributed by atoms with E-state index in [1.165, 1.54) is 0 Å². The largest absolute Gasteiger partial charge is 0.389 e. The topological polar surface area (TPSA) is 37.3 Å². The molecule has 13 heavy (non-hydrogen) atoms. The summed E-state index contributed by atoms with van der Waals surface area (Å²) in [4.78, 5) is 11.4. The predicted molar refractivity (Wildman–Crippen MR) is 54.6 cm³/mol. The van der Waals surface area contributed by atoms with Crippen molar-refractivity contribution < 1.29 is 9.90 Å². The van der Waals surface area contributed by atoms with E-state index in [0.29, 0.717) is 31.6 Å². The average Bonchev–Trinajstić information content (AvgIpc) is 2.02. The van der Waals surface area contributed by atoms with Crippen LogP contribution < -0.4 is 0 Å². The Morgan fingerprint density at radius 3 is 2.08 bits per heavy atom. The molecule has 0 atom stereocenters. The summed E-state index contributed by atoms with van der Waals surface area (Å²) in [6.45, 7) is 7.89. The second-order valence-corrected chi connectivity index (χ2v) is 4.24. The lowest BCUT2D eigenvalue weighted by molar-refractivity contribution is -0.125. The third kappa shape index (κ3) is 5.04. The molecule has 0 bridgehead atoms. The van der Waals surface area contributed by atoms with E-state index in [4.69, 9.17) is 0 Å². The molecular weight excluding hydrogens is 164 g/mol. The minimum atomic E-state index is -0.758. The Hall–Kier alpha value is -0.370. The van der Waals surface area contributed by atoms with Crippen LogP contribution in [0.25, 0.3) is 0 Å². The summed E-state index contributed by atoms with van der Waals surface area (Å²) < 4.78 is 0. The molecule has 0 rings (SSSR count). The van der Waals surface area contributed by atoms with Gasteiger partial charge in [0.15, 0.2) is 0 Å². The Balaban J connectivity index is 4.02. The van der Waals surface area contributed by atoms with E-state index in [1.54, 1.807) is 0 Å². The van der Waals surface area contributed by atoms with Crippen LogP contribution in [0.1, 0.15) is 53.4 Å². The first kappa shape index (κ1) is 12.6. The van der Waals surface area contributed by atoms with E-state index in [1.807, 2.05) is 27.7 Å². The van der Waals surface area contributed by atoms with Crippen molar-refractivity contribution in [2.75, 3.05) is 0 Å². The third-order valence-corrected chi connectivity index (χ3v) is 2.48. The Kier molecular flexibility index (Phi) is 5.23. The number of hydrogen-bond donors (Lipinski definition) is 1. The molecule has 2 nitrogen and oxygen atoms in total. The van der Waals surface area contributed by atoms with Crippen LogP contribution in [0.15, 0.2) is 0 Å². The lowest BCUT2D eigenvalue weighted by atomic mass is 9.89. The molecule has 0 aromatic rings. The molecule has 0 aromatic heterocycles. The number of ketones is 1. The molecule has 0 aliphatic rings. The highest BCUT2D eigenvalue weighted by Crippen LogP contribution is 2.21. The molecule has 0 radical (unpaired) electrons. The van der Waals surface area contributed by atoms with Gasteiger partial charge in [0, 0.05) is 12.8 Å². The smallest absolute Gasteiger partial charge is 0.136 e. The summed E-state index contributed by atoms with van der Waals surface area (Å²) in [7, 11) is 0. The molecule has 0 spiro atoms. The molecule has 0 unspecified atom stereocenters. The standard InChI is InChI=1S/C11H22O2/c1-5-11(13,6-2)8-10(12)7-9(3)4/h9,13H,5-8H2,1-4H3. The van der Waals surface area contributed by atoms with Crippen molar-refractivity contribution in [3.63, 3.8) is 0 Å². The maximum absolute atomic E-state index is 11.4. The lowest BCUT2D eigenvalue weighted by Gasteiger charge is -2.24. The first-order valence-corrected chi connectivity index (χ1v) is 5.17. The first-order chi connectivity index (χ1) is 5.93. The molecule has 2 heteroatoms. The first-order valence-electron chi connectivity index (χ1n) is 5.17. The van der Waals surface area contributed by atoms with Gasteiger partial charge < -0.3 is 5.11 Å². The van der Waals surface area contributed by atoms with Crippen molar-refractivity contribution in [2.45, 2.75) is 59.0 Å². The van der Waals surface area contributed by atoms with Gasteiger partial charge in [-0.2, -0.15) is 0 Å². The molecule has 1 N–H and O–H groups in total. The maximum Gasteiger partial charge on any atom is 0.136 e. The zero-order valence-corrected chi connectivity index (χ0v) is 9.26. The van der Waals surface area contributed by atoms with E-state index in [2.05, 4.69) is 0 Å². The van der Waals surface area contributed by atoms with Crippen molar-refractivity contribution in [1.82, 2.24) is 0 Å². The van der Waals surface area contributed by atoms with Gasteiger partial charge in [-0.15, -0.1) is 0 Å². The fourth-order valence-electron chi connectivity index (χ4n) is 1.39. The number of hydrogen-bond acceptors (Lipinski definition) is 2. The summed E-state index contributed by atoms with van der Waals surface area (Å²) >= 11 is 0. The molecule has 78 valence electrons. The molecule has 0 aliphatic carbocycles. The molecule has 0 saturated heterocycles. The van der Waals surface area contributed by atoms with E-state index >= 15 is 0 Å². The molecule has 0 aliphatic heterocycles. The van der Waals surface area contributed by atoms with Crippen molar-refractivity contribution in [3.8, 4) is 0 Å². The lowest BCUT2D eigenvalue weighted by Crippen LogP contribution is -2.30. The number of rotatable bonds is 6. The van der Waals surface area contributed by atoms with E-state index in [-0.39, 0.29) is 5.78 Å². The number of carbonyl (C=O) groups excluding carboxylic acids is 1. The van der Waals surface area contributed by atoms with Crippen LogP contribution in [0, 0.1) is 5.92 Å². The summed E-state index contributed by atoms with van der Waals surface area (Å²) in [5.41, 5.74) is -0.758. The van der Waals surface area contributed by atoms with Gasteiger partial charge in [-0.3, -0.25) is 4.79 Å². The highest BCUT2D eigenvalue weighted by Gasteiger charge is 2.25. The van der Waals surface area contributed by atoms with Gasteiger partial charge >= 0.3 is 0 Å². The third-order valence-electron chi connectivity index (χ3n) is 2.48. The second kappa shape index (κ2) is 5.38. The minimum Gasteiger partial charge on any atom is -0.389 e. The average molecular weight is 186 g/mol. The Morgan fingerprint density at radius 2 is 1.77 bits per heavy atom. The van der Waals surface area contributed by atoms with Gasteiger partial charge in [-0.1, -0.05) is 27.7 Å². The quantitative estimate of drug-likeness (QED) is 0.692. The predicted octanol–water partition coefficient (Wildman–Crippen LogP) is 2.54. The Labute approximate surface area is 81.3 Å². The fourth-order valence-corrected chi connectivity index (χ4v) is 1.39. The Morgan fingerprint density at radius 1 is 1.31 bits per heavy atom. The van der Waals surface area contributed by atoms with Gasteiger partial charge in [-0.05, 0) is 18.8 Å². The summed E-state index contributed by atoms with van der Waals surface area (Å²) in [5, 5.41) is 9.89. The molecule has 0 fully saturated rings. The van der Waals surface area contributed by atoms with E-state index < -0.39 is 5.60 Å². The minimum absolute atomic E-state index is 0.182. The molecule has 0 amide bonds. The van der Waals surface area contributed by atoms with Gasteiger partial charge in [0.1, 0.15) is 5.78 Å². The van der Waals surface area contributed by atoms with Crippen molar-refractivity contribution in [1.29, 1.82) is 0 Å². The SMILES string of the molecule is CCC(O)(CC)CC(=O)CC(C)C. The normalized spacial score (nSPS) is 12.2. The highest BCUT2D eigenvalue weighted by atomic mass is 16.3. The molecule has 0 saturated carbocycles. The van der Waals surface area contributed by atoms with Crippen LogP contribution >= 0.6 is 0 Å². The van der Waals surface area contributed by atoms with Crippen LogP contribution in [0.4, 0.5) is 0 Å². The van der Waals surface area contributed by atoms with Gasteiger partial charge in [0.25, 0.3) is 0 Å². The summed E-state index contributed by atoms with van der Waals surface area (Å²) in [5.74, 6) is 0.576. The van der Waals surface area contributed by atoms with Gasteiger partial charge in [0.2, 0.25) is 0 Å². The van der Waals surface area contributed by atoms with Crippen LogP contribution in [0.2, 0.25) is 0 Å². The molecular formula is C11H22O2. The van der Waals surface area contributed by atoms with Crippen LogP contribution in [-0.4, -0.2) is 16.5 Å². The second-order valence-electron chi connectivity index (χ2n) is 4.24. The molecule has 0 aromatic carbocycles. The summed E-state index contributed by atoms with van der Waals surface area (Å²) in [6, 6.07) is 0. The summed E-state index contributed by atoms with van der Waals surface area (Å²) in [6.07, 6.45) is 2.22. The molecule has 0 heterocycles. The zero-order chi connectivity index (χ0) is 10.5. The van der Waals surface area contributed by atoms with Gasteiger partial charge in [0.05, 0.1) is 5.60 Å². The van der Waals surface area contributed by atoms with E-state index in [0.717, 1.165) is 0 Å². The van der Waals surface area contributed by atoms with E-state index in [9.17, 15) is 9.90 Å². The van der Waals surface area contributed by atoms with Crippen molar-refractivity contribution >= 4 is 5.78 Å². The van der Waals surface area contributed by atoms with Gasteiger partial charge in [-0.25, -0.2) is 0 Å². The monoisotopic (exact) mass is 186 g/mol.